The molecule has 1 saturated heterocycles. The van der Waals surface area contributed by atoms with Gasteiger partial charge in [-0.05, 0) is 42.3 Å². The lowest BCUT2D eigenvalue weighted by atomic mass is 10.0. The standard InChI is InChI=1S/C22H21N3O3/c1-28-15-8-6-14(7-9-15)25-21(26)12-20(22(25)27)24-11-10-17-16-4-2-3-5-18(16)23-19(17)13-24/h2-9,20,23H,10-13H2,1H3/t20-/m1/s1. The molecule has 3 aromatic rings. The van der Waals surface area contributed by atoms with Gasteiger partial charge in [-0.1, -0.05) is 18.2 Å². The molecular formula is C22H21N3O3. The Morgan fingerprint density at radius 2 is 1.86 bits per heavy atom. The van der Waals surface area contributed by atoms with Gasteiger partial charge in [0.05, 0.1) is 25.3 Å². The van der Waals surface area contributed by atoms with E-state index in [1.807, 2.05) is 6.07 Å². The Balaban J connectivity index is 1.40. The third-order valence-electron chi connectivity index (χ3n) is 5.81. The van der Waals surface area contributed by atoms with Crippen LogP contribution in [0.15, 0.2) is 48.5 Å². The Morgan fingerprint density at radius 1 is 1.07 bits per heavy atom. The Bertz CT molecular complexity index is 1070. The van der Waals surface area contributed by atoms with Gasteiger partial charge in [0.1, 0.15) is 5.75 Å². The highest BCUT2D eigenvalue weighted by molar-refractivity contribution is 6.22. The van der Waals surface area contributed by atoms with E-state index in [4.69, 9.17) is 4.74 Å². The number of carbonyl (C=O) groups is 2. The summed E-state index contributed by atoms with van der Waals surface area (Å²) < 4.78 is 5.16. The third kappa shape index (κ3) is 2.60. The molecule has 142 valence electrons. The summed E-state index contributed by atoms with van der Waals surface area (Å²) in [6.45, 7) is 1.43. The number of H-pyrrole nitrogens is 1. The largest absolute Gasteiger partial charge is 0.497 e. The zero-order valence-electron chi connectivity index (χ0n) is 15.6. The van der Waals surface area contributed by atoms with Crippen molar-refractivity contribution in [3.05, 3.63) is 59.8 Å². The lowest BCUT2D eigenvalue weighted by molar-refractivity contribution is -0.123. The van der Waals surface area contributed by atoms with Gasteiger partial charge in [0.15, 0.2) is 0 Å². The number of anilines is 1. The smallest absolute Gasteiger partial charge is 0.251 e. The van der Waals surface area contributed by atoms with Crippen molar-refractivity contribution in [2.75, 3.05) is 18.6 Å². The second-order valence-corrected chi connectivity index (χ2v) is 7.33. The number of para-hydroxylation sites is 1. The van der Waals surface area contributed by atoms with Crippen LogP contribution >= 0.6 is 0 Å². The average Bonchev–Trinajstić information content (AvgIpc) is 3.24. The highest BCUT2D eigenvalue weighted by atomic mass is 16.5. The van der Waals surface area contributed by atoms with Gasteiger partial charge in [0.25, 0.3) is 5.91 Å². The van der Waals surface area contributed by atoms with E-state index >= 15 is 0 Å². The van der Waals surface area contributed by atoms with Crippen molar-refractivity contribution >= 4 is 28.4 Å². The summed E-state index contributed by atoms with van der Waals surface area (Å²) in [6.07, 6.45) is 1.10. The number of hydrogen-bond acceptors (Lipinski definition) is 4. The van der Waals surface area contributed by atoms with Crippen molar-refractivity contribution < 1.29 is 14.3 Å². The molecule has 0 unspecified atom stereocenters. The quantitative estimate of drug-likeness (QED) is 0.715. The first-order valence-electron chi connectivity index (χ1n) is 9.49. The molecule has 3 heterocycles. The second-order valence-electron chi connectivity index (χ2n) is 7.33. The number of benzene rings is 2. The lowest BCUT2D eigenvalue weighted by Gasteiger charge is -2.30. The summed E-state index contributed by atoms with van der Waals surface area (Å²) in [5.74, 6) is 0.402. The van der Waals surface area contributed by atoms with Crippen LogP contribution in [0.25, 0.3) is 10.9 Å². The highest BCUT2D eigenvalue weighted by Gasteiger charge is 2.43. The summed E-state index contributed by atoms with van der Waals surface area (Å²) >= 11 is 0. The maximum absolute atomic E-state index is 13.1. The minimum Gasteiger partial charge on any atom is -0.497 e. The normalized spacial score (nSPS) is 20.0. The number of methoxy groups -OCH3 is 1. The van der Waals surface area contributed by atoms with Crippen LogP contribution in [0.1, 0.15) is 17.7 Å². The van der Waals surface area contributed by atoms with E-state index in [-0.39, 0.29) is 18.2 Å². The Morgan fingerprint density at radius 3 is 2.64 bits per heavy atom. The van der Waals surface area contributed by atoms with Crippen molar-refractivity contribution in [3.8, 4) is 5.75 Å². The van der Waals surface area contributed by atoms with Crippen molar-refractivity contribution in [1.29, 1.82) is 0 Å². The van der Waals surface area contributed by atoms with Gasteiger partial charge in [0.2, 0.25) is 5.91 Å². The van der Waals surface area contributed by atoms with Gasteiger partial charge in [-0.25, -0.2) is 4.90 Å². The van der Waals surface area contributed by atoms with E-state index in [1.54, 1.807) is 31.4 Å². The van der Waals surface area contributed by atoms with Crippen molar-refractivity contribution in [2.45, 2.75) is 25.4 Å². The highest BCUT2D eigenvalue weighted by Crippen LogP contribution is 2.32. The fourth-order valence-electron chi connectivity index (χ4n) is 4.38. The number of imide groups is 1. The Labute approximate surface area is 162 Å². The molecule has 0 radical (unpaired) electrons. The van der Waals surface area contributed by atoms with Crippen LogP contribution < -0.4 is 9.64 Å². The van der Waals surface area contributed by atoms with E-state index < -0.39 is 6.04 Å². The summed E-state index contributed by atoms with van der Waals surface area (Å²) in [6, 6.07) is 14.9. The average molecular weight is 375 g/mol. The van der Waals surface area contributed by atoms with Gasteiger partial charge in [-0.15, -0.1) is 0 Å². The Hall–Kier alpha value is -3.12. The van der Waals surface area contributed by atoms with Gasteiger partial charge in [0, 0.05) is 29.7 Å². The SMILES string of the molecule is COc1ccc(N2C(=O)C[C@@H](N3CCc4c([nH]c5ccccc45)C3)C2=O)cc1. The van der Waals surface area contributed by atoms with Crippen LogP contribution in [-0.4, -0.2) is 41.4 Å². The van der Waals surface area contributed by atoms with Gasteiger partial charge in [-0.2, -0.15) is 0 Å². The number of fused-ring (bicyclic) bond motifs is 3. The van der Waals surface area contributed by atoms with Crippen LogP contribution in [0.5, 0.6) is 5.75 Å². The molecule has 2 aliphatic heterocycles. The van der Waals surface area contributed by atoms with Crippen LogP contribution in [0.4, 0.5) is 5.69 Å². The minimum absolute atomic E-state index is 0.144. The predicted molar refractivity (Wildman–Crippen MR) is 106 cm³/mol. The number of rotatable bonds is 3. The molecule has 0 saturated carbocycles. The number of nitrogens with zero attached hydrogens (tertiary/aromatic N) is 2. The van der Waals surface area contributed by atoms with E-state index in [2.05, 4.69) is 28.1 Å². The third-order valence-corrected chi connectivity index (χ3v) is 5.81. The van der Waals surface area contributed by atoms with E-state index in [1.165, 1.54) is 15.8 Å². The monoisotopic (exact) mass is 375 g/mol. The molecule has 0 spiro atoms. The molecule has 6 nitrogen and oxygen atoms in total. The molecule has 6 heteroatoms. The maximum Gasteiger partial charge on any atom is 0.251 e. The molecule has 1 aromatic heterocycles. The molecule has 2 aromatic carbocycles. The molecule has 2 aliphatic rings. The number of hydrogen-bond donors (Lipinski definition) is 1. The molecular weight excluding hydrogens is 354 g/mol. The van der Waals surface area contributed by atoms with Gasteiger partial charge >= 0.3 is 0 Å². The van der Waals surface area contributed by atoms with E-state index in [9.17, 15) is 9.59 Å². The molecule has 1 atom stereocenters. The molecule has 1 N–H and O–H groups in total. The topological polar surface area (TPSA) is 65.6 Å². The number of nitrogens with one attached hydrogen (secondary N) is 1. The number of aromatic nitrogens is 1. The number of aromatic amines is 1. The zero-order chi connectivity index (χ0) is 19.3. The van der Waals surface area contributed by atoms with Crippen LogP contribution in [0, 0.1) is 0 Å². The van der Waals surface area contributed by atoms with Crippen molar-refractivity contribution in [2.24, 2.45) is 0 Å². The van der Waals surface area contributed by atoms with E-state index in [0.29, 0.717) is 18.0 Å². The first kappa shape index (κ1) is 17.0. The molecule has 2 amide bonds. The number of carbonyl (C=O) groups excluding carboxylic acids is 2. The first-order valence-corrected chi connectivity index (χ1v) is 9.49. The fraction of sp³-hybridized carbons (Fsp3) is 0.273. The molecule has 0 bridgehead atoms. The Kier molecular flexibility index (Phi) is 3.94. The van der Waals surface area contributed by atoms with Crippen LogP contribution in [0.3, 0.4) is 0 Å². The minimum atomic E-state index is -0.408. The van der Waals surface area contributed by atoms with Crippen molar-refractivity contribution in [1.82, 2.24) is 9.88 Å². The number of amides is 2. The van der Waals surface area contributed by atoms with Gasteiger partial charge in [-0.3, -0.25) is 14.5 Å². The second kappa shape index (κ2) is 6.49. The first-order chi connectivity index (χ1) is 13.7. The molecule has 28 heavy (non-hydrogen) atoms. The van der Waals surface area contributed by atoms with Crippen LogP contribution in [0.2, 0.25) is 0 Å². The maximum atomic E-state index is 13.1. The van der Waals surface area contributed by atoms with E-state index in [0.717, 1.165) is 24.2 Å². The fourth-order valence-corrected chi connectivity index (χ4v) is 4.38. The molecule has 0 aliphatic carbocycles. The van der Waals surface area contributed by atoms with Gasteiger partial charge < -0.3 is 9.72 Å². The zero-order valence-corrected chi connectivity index (χ0v) is 15.6. The summed E-state index contributed by atoms with van der Waals surface area (Å²) in [5.41, 5.74) is 4.20. The molecule has 5 rings (SSSR count). The predicted octanol–water partition coefficient (Wildman–Crippen LogP) is 2.87. The summed E-state index contributed by atoms with van der Waals surface area (Å²) in [5, 5.41) is 1.26. The summed E-state index contributed by atoms with van der Waals surface area (Å²) in [4.78, 5) is 32.6. The summed E-state index contributed by atoms with van der Waals surface area (Å²) in [7, 11) is 1.59. The van der Waals surface area contributed by atoms with Crippen molar-refractivity contribution in [3.63, 3.8) is 0 Å². The van der Waals surface area contributed by atoms with Crippen LogP contribution in [-0.2, 0) is 22.6 Å². The number of ether oxygens (including phenoxy) is 1. The lowest BCUT2D eigenvalue weighted by Crippen LogP contribution is -2.44. The molecule has 1 fully saturated rings.